The van der Waals surface area contributed by atoms with E-state index in [4.69, 9.17) is 9.47 Å². The van der Waals surface area contributed by atoms with Gasteiger partial charge in [0.25, 0.3) is 5.91 Å². The molecular weight excluding hydrogens is 328 g/mol. The van der Waals surface area contributed by atoms with Crippen molar-refractivity contribution in [3.8, 4) is 5.75 Å². The van der Waals surface area contributed by atoms with Crippen LogP contribution in [-0.4, -0.2) is 55.3 Å². The summed E-state index contributed by atoms with van der Waals surface area (Å²) in [6.45, 7) is 8.59. The van der Waals surface area contributed by atoms with Crippen LogP contribution in [0.1, 0.15) is 56.3 Å². The van der Waals surface area contributed by atoms with E-state index in [1.807, 2.05) is 24.3 Å². The Morgan fingerprint density at radius 3 is 2.73 bits per heavy atom. The number of amides is 1. The lowest BCUT2D eigenvalue weighted by Gasteiger charge is -2.41. The summed E-state index contributed by atoms with van der Waals surface area (Å²) in [7, 11) is 0. The van der Waals surface area contributed by atoms with Crippen LogP contribution in [0.3, 0.4) is 0 Å². The van der Waals surface area contributed by atoms with Gasteiger partial charge in [-0.1, -0.05) is 18.6 Å². The number of hydrogen-bond acceptors (Lipinski definition) is 4. The van der Waals surface area contributed by atoms with Gasteiger partial charge in [0.05, 0.1) is 11.7 Å². The molecule has 2 heterocycles. The number of rotatable bonds is 7. The summed E-state index contributed by atoms with van der Waals surface area (Å²) < 4.78 is 11.5. The highest BCUT2D eigenvalue weighted by molar-refractivity contribution is 5.96. The number of para-hydroxylation sites is 1. The van der Waals surface area contributed by atoms with Crippen LogP contribution in [-0.2, 0) is 4.74 Å². The van der Waals surface area contributed by atoms with Crippen molar-refractivity contribution in [2.24, 2.45) is 0 Å². The highest BCUT2D eigenvalue weighted by Crippen LogP contribution is 2.22. The molecule has 0 saturated carbocycles. The fourth-order valence-corrected chi connectivity index (χ4v) is 3.74. The number of benzene rings is 1. The molecule has 0 spiro atoms. The lowest BCUT2D eigenvalue weighted by molar-refractivity contribution is 0.0665. The summed E-state index contributed by atoms with van der Waals surface area (Å²) in [4.78, 5) is 15.2. The summed E-state index contributed by atoms with van der Waals surface area (Å²) in [6, 6.07) is 7.47. The lowest BCUT2D eigenvalue weighted by atomic mass is 9.98. The number of nitrogens with one attached hydrogen (secondary N) is 1. The quantitative estimate of drug-likeness (QED) is 0.811. The summed E-state index contributed by atoms with van der Waals surface area (Å²) in [6.07, 6.45) is 6.06. The second-order valence-corrected chi connectivity index (χ2v) is 7.99. The van der Waals surface area contributed by atoms with Crippen molar-refractivity contribution >= 4 is 5.91 Å². The minimum Gasteiger partial charge on any atom is -0.490 e. The Morgan fingerprint density at radius 1 is 1.23 bits per heavy atom. The molecule has 1 aromatic rings. The molecule has 0 aliphatic carbocycles. The molecular formula is C21H32N2O3. The van der Waals surface area contributed by atoms with E-state index in [0.29, 0.717) is 24.5 Å². The van der Waals surface area contributed by atoms with Crippen molar-refractivity contribution in [2.45, 2.75) is 57.6 Å². The Balaban J connectivity index is 1.56. The minimum absolute atomic E-state index is 0.0381. The third-order valence-electron chi connectivity index (χ3n) is 5.47. The first-order valence-corrected chi connectivity index (χ1v) is 9.93. The van der Waals surface area contributed by atoms with E-state index in [2.05, 4.69) is 24.1 Å². The first-order chi connectivity index (χ1) is 12.6. The van der Waals surface area contributed by atoms with Gasteiger partial charge in [-0.25, -0.2) is 0 Å². The highest BCUT2D eigenvalue weighted by Gasteiger charge is 2.28. The number of carbonyl (C=O) groups is 1. The van der Waals surface area contributed by atoms with Gasteiger partial charge < -0.3 is 14.8 Å². The fraction of sp³-hybridized carbons (Fsp3) is 0.667. The van der Waals surface area contributed by atoms with E-state index in [1.54, 1.807) is 0 Å². The zero-order valence-electron chi connectivity index (χ0n) is 16.1. The predicted molar refractivity (Wildman–Crippen MR) is 103 cm³/mol. The molecule has 5 heteroatoms. The van der Waals surface area contributed by atoms with Gasteiger partial charge in [0.1, 0.15) is 12.4 Å². The van der Waals surface area contributed by atoms with Crippen LogP contribution >= 0.6 is 0 Å². The molecule has 0 aromatic heterocycles. The van der Waals surface area contributed by atoms with Crippen LogP contribution < -0.4 is 10.1 Å². The third kappa shape index (κ3) is 4.98. The average molecular weight is 360 g/mol. The van der Waals surface area contributed by atoms with Gasteiger partial charge in [-0.2, -0.15) is 0 Å². The van der Waals surface area contributed by atoms with Crippen LogP contribution in [0.15, 0.2) is 24.3 Å². The Kier molecular flexibility index (Phi) is 6.54. The first-order valence-electron chi connectivity index (χ1n) is 9.93. The van der Waals surface area contributed by atoms with Crippen LogP contribution in [0, 0.1) is 0 Å². The van der Waals surface area contributed by atoms with E-state index in [-0.39, 0.29) is 17.6 Å². The van der Waals surface area contributed by atoms with Crippen molar-refractivity contribution in [2.75, 3.05) is 32.8 Å². The summed E-state index contributed by atoms with van der Waals surface area (Å²) in [5.74, 6) is 0.564. The van der Waals surface area contributed by atoms with Crippen LogP contribution in [0.2, 0.25) is 0 Å². The van der Waals surface area contributed by atoms with E-state index in [0.717, 1.165) is 32.5 Å². The molecule has 3 rings (SSSR count). The smallest absolute Gasteiger partial charge is 0.255 e. The molecule has 2 saturated heterocycles. The topological polar surface area (TPSA) is 50.8 Å². The normalized spacial score (nSPS) is 21.5. The van der Waals surface area contributed by atoms with Crippen LogP contribution in [0.25, 0.3) is 0 Å². The molecule has 0 radical (unpaired) electrons. The fourth-order valence-electron chi connectivity index (χ4n) is 3.74. The van der Waals surface area contributed by atoms with Crippen LogP contribution in [0.4, 0.5) is 0 Å². The Hall–Kier alpha value is -1.59. The van der Waals surface area contributed by atoms with Gasteiger partial charge in [-0.05, 0) is 64.8 Å². The predicted octanol–water partition coefficient (Wildman–Crippen LogP) is 3.24. The van der Waals surface area contributed by atoms with Gasteiger partial charge in [0, 0.05) is 18.7 Å². The Bertz CT molecular complexity index is 591. The maximum absolute atomic E-state index is 12.8. The second-order valence-electron chi connectivity index (χ2n) is 7.99. The van der Waals surface area contributed by atoms with Crippen molar-refractivity contribution < 1.29 is 14.3 Å². The summed E-state index contributed by atoms with van der Waals surface area (Å²) in [5, 5.41) is 3.11. The summed E-state index contributed by atoms with van der Waals surface area (Å²) >= 11 is 0. The number of nitrogens with zero attached hydrogens (tertiary/aromatic N) is 1. The monoisotopic (exact) mass is 360 g/mol. The second kappa shape index (κ2) is 8.87. The third-order valence-corrected chi connectivity index (χ3v) is 5.47. The van der Waals surface area contributed by atoms with E-state index < -0.39 is 0 Å². The summed E-state index contributed by atoms with van der Waals surface area (Å²) in [5.41, 5.74) is 0.559. The maximum Gasteiger partial charge on any atom is 0.255 e. The molecule has 5 nitrogen and oxygen atoms in total. The first kappa shape index (κ1) is 19.2. The Morgan fingerprint density at radius 2 is 2.00 bits per heavy atom. The standard InChI is InChI=1S/C21H32N2O3/c1-21(2,23-12-6-3-7-13-23)16-22-20(24)18-10-4-5-11-19(18)26-15-17-9-8-14-25-17/h4-5,10-11,17H,3,6-9,12-16H2,1-2H3,(H,22,24). The SMILES string of the molecule is CC(C)(CNC(=O)c1ccccc1OCC1CCCO1)N1CCCCC1. The van der Waals surface area contributed by atoms with Crippen molar-refractivity contribution in [3.05, 3.63) is 29.8 Å². The Labute approximate surface area is 157 Å². The molecule has 0 bridgehead atoms. The zero-order valence-corrected chi connectivity index (χ0v) is 16.1. The van der Waals surface area contributed by atoms with Crippen LogP contribution in [0.5, 0.6) is 5.75 Å². The number of ether oxygens (including phenoxy) is 2. The highest BCUT2D eigenvalue weighted by atomic mass is 16.5. The molecule has 1 amide bonds. The molecule has 1 atom stereocenters. The van der Waals surface area contributed by atoms with E-state index in [1.165, 1.54) is 19.3 Å². The molecule has 2 aliphatic rings. The molecule has 1 aromatic carbocycles. The molecule has 1 unspecified atom stereocenters. The number of likely N-dealkylation sites (tertiary alicyclic amines) is 1. The number of piperidine rings is 1. The molecule has 26 heavy (non-hydrogen) atoms. The van der Waals surface area contributed by atoms with Gasteiger partial charge in [0.2, 0.25) is 0 Å². The zero-order chi connectivity index (χ0) is 18.4. The van der Waals surface area contributed by atoms with Gasteiger partial charge in [-0.3, -0.25) is 9.69 Å². The minimum atomic E-state index is -0.0713. The van der Waals surface area contributed by atoms with Crippen molar-refractivity contribution in [1.82, 2.24) is 10.2 Å². The number of hydrogen-bond donors (Lipinski definition) is 1. The molecule has 2 aliphatic heterocycles. The lowest BCUT2D eigenvalue weighted by Crippen LogP contribution is -2.53. The molecule has 1 N–H and O–H groups in total. The molecule has 2 fully saturated rings. The van der Waals surface area contributed by atoms with Gasteiger partial charge in [-0.15, -0.1) is 0 Å². The van der Waals surface area contributed by atoms with Crippen molar-refractivity contribution in [1.29, 1.82) is 0 Å². The van der Waals surface area contributed by atoms with E-state index >= 15 is 0 Å². The average Bonchev–Trinajstić information content (AvgIpc) is 3.19. The van der Waals surface area contributed by atoms with Gasteiger partial charge in [0.15, 0.2) is 0 Å². The largest absolute Gasteiger partial charge is 0.490 e. The van der Waals surface area contributed by atoms with E-state index in [9.17, 15) is 4.79 Å². The number of carbonyl (C=O) groups excluding carboxylic acids is 1. The molecule has 144 valence electrons. The van der Waals surface area contributed by atoms with Crippen molar-refractivity contribution in [3.63, 3.8) is 0 Å². The maximum atomic E-state index is 12.8. The van der Waals surface area contributed by atoms with Gasteiger partial charge >= 0.3 is 0 Å².